The van der Waals surface area contributed by atoms with Crippen molar-refractivity contribution in [2.75, 3.05) is 0 Å². The summed E-state index contributed by atoms with van der Waals surface area (Å²) in [6.45, 7) is 0. The van der Waals surface area contributed by atoms with Crippen LogP contribution in [-0.4, -0.2) is 31.1 Å². The van der Waals surface area contributed by atoms with Gasteiger partial charge in [0.1, 0.15) is 5.69 Å². The third kappa shape index (κ3) is 2.88. The molecule has 0 fully saturated rings. The summed E-state index contributed by atoms with van der Waals surface area (Å²) in [5, 5.41) is 17.1. The lowest BCUT2D eigenvalue weighted by Gasteiger charge is -2.03. The molecule has 0 aliphatic carbocycles. The van der Waals surface area contributed by atoms with Crippen molar-refractivity contribution in [2.24, 2.45) is 7.05 Å². The van der Waals surface area contributed by atoms with Crippen molar-refractivity contribution in [3.8, 4) is 22.6 Å². The Balaban J connectivity index is 1.94. The van der Waals surface area contributed by atoms with Crippen molar-refractivity contribution in [1.29, 1.82) is 0 Å². The van der Waals surface area contributed by atoms with Gasteiger partial charge in [-0.15, -0.1) is 0 Å². The van der Waals surface area contributed by atoms with Crippen LogP contribution in [0.25, 0.3) is 22.6 Å². The smallest absolute Gasteiger partial charge is 0.303 e. The largest absolute Gasteiger partial charge is 0.481 e. The van der Waals surface area contributed by atoms with Gasteiger partial charge in [-0.25, -0.2) is 4.98 Å². The number of carbonyl (C=O) groups is 1. The molecule has 2 aromatic heterocycles. The summed E-state index contributed by atoms with van der Waals surface area (Å²) in [5.74, 6) is 0.118. The van der Waals surface area contributed by atoms with E-state index in [-0.39, 0.29) is 12.8 Å². The fourth-order valence-electron chi connectivity index (χ4n) is 2.15. The maximum absolute atomic E-state index is 10.6. The molecule has 0 aliphatic rings. The molecular weight excluding hydrogens is 284 g/mol. The number of carboxylic acids is 1. The number of rotatable bonds is 5. The van der Waals surface area contributed by atoms with E-state index in [4.69, 9.17) is 9.52 Å². The van der Waals surface area contributed by atoms with Crippen molar-refractivity contribution in [2.45, 2.75) is 12.8 Å². The van der Waals surface area contributed by atoms with E-state index in [0.29, 0.717) is 11.7 Å². The van der Waals surface area contributed by atoms with E-state index in [1.165, 1.54) is 4.80 Å². The van der Waals surface area contributed by atoms with Gasteiger partial charge in [0.05, 0.1) is 18.8 Å². The number of aromatic nitrogens is 4. The van der Waals surface area contributed by atoms with E-state index >= 15 is 0 Å². The highest BCUT2D eigenvalue weighted by atomic mass is 16.4. The Hall–Kier alpha value is -2.96. The van der Waals surface area contributed by atoms with Gasteiger partial charge in [-0.1, -0.05) is 24.3 Å². The molecule has 0 spiro atoms. The van der Waals surface area contributed by atoms with Crippen LogP contribution in [-0.2, 0) is 18.3 Å². The van der Waals surface area contributed by atoms with Crippen molar-refractivity contribution in [3.63, 3.8) is 0 Å². The highest BCUT2D eigenvalue weighted by molar-refractivity contribution is 5.78. The van der Waals surface area contributed by atoms with Crippen molar-refractivity contribution < 1.29 is 14.3 Å². The minimum absolute atomic E-state index is 0.00817. The normalized spacial score (nSPS) is 10.8. The second-order valence-electron chi connectivity index (χ2n) is 4.78. The number of benzene rings is 1. The molecule has 0 amide bonds. The number of hydrogen-bond acceptors (Lipinski definition) is 5. The van der Waals surface area contributed by atoms with Gasteiger partial charge in [0.2, 0.25) is 0 Å². The molecule has 0 saturated heterocycles. The molecule has 1 N–H and O–H groups in total. The molecule has 112 valence electrons. The third-order valence-electron chi connectivity index (χ3n) is 3.17. The number of aryl methyl sites for hydroxylation is 2. The summed E-state index contributed by atoms with van der Waals surface area (Å²) >= 11 is 0. The van der Waals surface area contributed by atoms with Crippen molar-refractivity contribution >= 4 is 5.97 Å². The van der Waals surface area contributed by atoms with E-state index in [1.54, 1.807) is 19.4 Å². The molecule has 7 heteroatoms. The standard InChI is InChI=1S/C15H14N4O3/c1-19-17-8-12(18-19)10-4-2-3-5-11(10)13-9-16-14(22-13)6-7-15(20)21/h2-5,8-9H,6-7H2,1H3,(H,20,21). The first-order chi connectivity index (χ1) is 10.6. The molecule has 0 bridgehead atoms. The van der Waals surface area contributed by atoms with Gasteiger partial charge in [-0.2, -0.15) is 15.0 Å². The molecule has 2 heterocycles. The summed E-state index contributed by atoms with van der Waals surface area (Å²) in [7, 11) is 1.75. The Labute approximate surface area is 126 Å². The van der Waals surface area contributed by atoms with Crippen LogP contribution in [0.15, 0.2) is 41.1 Å². The molecule has 0 unspecified atom stereocenters. The Kier molecular flexibility index (Phi) is 3.69. The summed E-state index contributed by atoms with van der Waals surface area (Å²) in [6.07, 6.45) is 3.54. The number of carboxylic acid groups (broad SMARTS) is 1. The predicted octanol–water partition coefficient (Wildman–Crippen LogP) is 2.15. The second kappa shape index (κ2) is 5.80. The minimum Gasteiger partial charge on any atom is -0.481 e. The summed E-state index contributed by atoms with van der Waals surface area (Å²) in [5.41, 5.74) is 2.47. The van der Waals surface area contributed by atoms with Crippen LogP contribution < -0.4 is 0 Å². The fraction of sp³-hybridized carbons (Fsp3) is 0.200. The van der Waals surface area contributed by atoms with Crippen LogP contribution in [0.1, 0.15) is 12.3 Å². The zero-order valence-electron chi connectivity index (χ0n) is 11.9. The molecule has 1 aromatic carbocycles. The maximum Gasteiger partial charge on any atom is 0.303 e. The zero-order valence-corrected chi connectivity index (χ0v) is 11.9. The lowest BCUT2D eigenvalue weighted by molar-refractivity contribution is -0.137. The molecule has 3 aromatic rings. The number of hydrogen-bond donors (Lipinski definition) is 1. The molecule has 22 heavy (non-hydrogen) atoms. The first kappa shape index (κ1) is 14.0. The van der Waals surface area contributed by atoms with E-state index < -0.39 is 5.97 Å². The number of aliphatic carboxylic acids is 1. The van der Waals surface area contributed by atoms with Crippen molar-refractivity contribution in [1.82, 2.24) is 20.0 Å². The average Bonchev–Trinajstić information content (AvgIpc) is 3.14. The van der Waals surface area contributed by atoms with Gasteiger partial charge < -0.3 is 9.52 Å². The van der Waals surface area contributed by atoms with Crippen molar-refractivity contribution in [3.05, 3.63) is 42.5 Å². The molecular formula is C15H14N4O3. The van der Waals surface area contributed by atoms with E-state index in [0.717, 1.165) is 16.8 Å². The zero-order chi connectivity index (χ0) is 15.5. The highest BCUT2D eigenvalue weighted by Crippen LogP contribution is 2.31. The maximum atomic E-state index is 10.6. The van der Waals surface area contributed by atoms with Crippen LogP contribution in [0.5, 0.6) is 0 Å². The van der Waals surface area contributed by atoms with Crippen LogP contribution >= 0.6 is 0 Å². The van der Waals surface area contributed by atoms with Crippen LogP contribution in [0.3, 0.4) is 0 Å². The van der Waals surface area contributed by atoms with Gasteiger partial charge in [-0.05, 0) is 0 Å². The molecule has 0 atom stereocenters. The Morgan fingerprint density at radius 2 is 2.05 bits per heavy atom. The lowest BCUT2D eigenvalue weighted by atomic mass is 10.0. The van der Waals surface area contributed by atoms with E-state index in [1.807, 2.05) is 24.3 Å². The second-order valence-corrected chi connectivity index (χ2v) is 4.78. The van der Waals surface area contributed by atoms with Gasteiger partial charge >= 0.3 is 5.97 Å². The lowest BCUT2D eigenvalue weighted by Crippen LogP contribution is -1.97. The summed E-state index contributed by atoms with van der Waals surface area (Å²) in [6, 6.07) is 7.65. The molecule has 7 nitrogen and oxygen atoms in total. The van der Waals surface area contributed by atoms with Crippen LogP contribution in [0.4, 0.5) is 0 Å². The Morgan fingerprint density at radius 1 is 1.27 bits per heavy atom. The minimum atomic E-state index is -0.875. The molecule has 0 aliphatic heterocycles. The predicted molar refractivity (Wildman–Crippen MR) is 77.9 cm³/mol. The van der Waals surface area contributed by atoms with Gasteiger partial charge in [-0.3, -0.25) is 4.79 Å². The van der Waals surface area contributed by atoms with E-state index in [9.17, 15) is 4.79 Å². The first-order valence-electron chi connectivity index (χ1n) is 6.76. The molecule has 0 radical (unpaired) electrons. The summed E-state index contributed by atoms with van der Waals surface area (Å²) in [4.78, 5) is 16.2. The number of oxazole rings is 1. The topological polar surface area (TPSA) is 94.0 Å². The number of nitrogens with zero attached hydrogens (tertiary/aromatic N) is 4. The van der Waals surface area contributed by atoms with Gasteiger partial charge in [0.25, 0.3) is 0 Å². The first-order valence-corrected chi connectivity index (χ1v) is 6.76. The molecule has 3 rings (SSSR count). The van der Waals surface area contributed by atoms with Gasteiger partial charge in [0.15, 0.2) is 11.7 Å². The Bertz CT molecular complexity index is 806. The van der Waals surface area contributed by atoms with Crippen LogP contribution in [0, 0.1) is 0 Å². The highest BCUT2D eigenvalue weighted by Gasteiger charge is 2.14. The van der Waals surface area contributed by atoms with E-state index in [2.05, 4.69) is 15.2 Å². The Morgan fingerprint density at radius 3 is 2.73 bits per heavy atom. The van der Waals surface area contributed by atoms with Gasteiger partial charge in [0, 0.05) is 24.6 Å². The molecule has 0 saturated carbocycles. The third-order valence-corrected chi connectivity index (χ3v) is 3.17. The average molecular weight is 298 g/mol. The quantitative estimate of drug-likeness (QED) is 0.775. The summed E-state index contributed by atoms with van der Waals surface area (Å²) < 4.78 is 5.66. The fourth-order valence-corrected chi connectivity index (χ4v) is 2.15. The SMILES string of the molecule is Cn1ncc(-c2ccccc2-c2cnc(CCC(=O)O)o2)n1. The monoisotopic (exact) mass is 298 g/mol. The van der Waals surface area contributed by atoms with Crippen LogP contribution in [0.2, 0.25) is 0 Å².